The third-order valence-electron chi connectivity index (χ3n) is 0.926. The maximum Gasteiger partial charge on any atom is 4.00 e. The molecule has 29 heavy (non-hydrogen) atoms. The van der Waals surface area contributed by atoms with Crippen LogP contribution in [0.1, 0.15) is 0 Å². The maximum absolute atomic E-state index is 9.51. The van der Waals surface area contributed by atoms with Gasteiger partial charge in [-0.3, -0.25) is 0 Å². The van der Waals surface area contributed by atoms with E-state index in [0.29, 0.717) is 0 Å². The molecule has 0 unspecified atom stereocenters. The van der Waals surface area contributed by atoms with E-state index in [1.54, 1.807) is 0 Å². The molecule has 168 valence electrons. The van der Waals surface area contributed by atoms with Gasteiger partial charge in [0.05, 0.1) is 23.9 Å². The second-order valence-electron chi connectivity index (χ2n) is 3.14. The summed E-state index contributed by atoms with van der Waals surface area (Å²) in [5.41, 5.74) is 0. The van der Waals surface area contributed by atoms with E-state index in [0.717, 1.165) is 0 Å². The van der Waals surface area contributed by atoms with Crippen LogP contribution in [0.5, 0.6) is 0 Å². The minimum atomic E-state index is -2.28. The minimum absolute atomic E-state index is 0. The normalized spacial score (nSPS) is 10.9. The summed E-state index contributed by atoms with van der Waals surface area (Å²) in [7, 11) is 0. The van der Waals surface area contributed by atoms with E-state index in [9.17, 15) is 39.6 Å². The van der Waals surface area contributed by atoms with Gasteiger partial charge in [-0.25, -0.2) is 0 Å². The number of alkyl halides is 12. The number of aliphatic carboxylic acids is 4. The molecule has 0 saturated carbocycles. The molecule has 0 aliphatic heterocycles. The van der Waals surface area contributed by atoms with Gasteiger partial charge in [-0.1, -0.05) is 139 Å². The van der Waals surface area contributed by atoms with Gasteiger partial charge >= 0.3 is 23.9 Å². The fourth-order valence-electron chi connectivity index (χ4n) is 0. The third-order valence-corrected chi connectivity index (χ3v) is 2.78. The monoisotopic (exact) mass is 763 g/mol. The van der Waals surface area contributed by atoms with Crippen molar-refractivity contribution in [2.75, 3.05) is 0 Å². The summed E-state index contributed by atoms with van der Waals surface area (Å²) in [4.78, 5) is 38.1. The molecule has 0 aliphatic carbocycles. The third kappa shape index (κ3) is 34.9. The summed E-state index contributed by atoms with van der Waals surface area (Å²) in [6.07, 6.45) is 0. The van der Waals surface area contributed by atoms with E-state index in [4.69, 9.17) is 139 Å². The number of carboxylic acid groups (broad SMARTS) is 4. The van der Waals surface area contributed by atoms with Crippen LogP contribution in [0.15, 0.2) is 0 Å². The SMILES string of the molecule is O=C([O-])C(Cl)(Cl)Cl.O=C([O-])C(Cl)(Cl)Cl.O=C([O-])C(Cl)(Cl)Cl.O=C([O-])C(Cl)(Cl)Cl.[Sn+4]. The Morgan fingerprint density at radius 1 is 0.379 bits per heavy atom. The first-order valence-corrected chi connectivity index (χ1v) is 9.44. The van der Waals surface area contributed by atoms with Crippen LogP contribution in [-0.2, 0) is 19.2 Å². The molecule has 0 aromatic rings. The Morgan fingerprint density at radius 2 is 0.414 bits per heavy atom. The van der Waals surface area contributed by atoms with Crippen LogP contribution in [0.25, 0.3) is 0 Å². The van der Waals surface area contributed by atoms with Crippen molar-refractivity contribution in [2.45, 2.75) is 15.2 Å². The van der Waals surface area contributed by atoms with Crippen molar-refractivity contribution in [3.63, 3.8) is 0 Å². The zero-order valence-corrected chi connectivity index (χ0v) is 24.2. The quantitative estimate of drug-likeness (QED) is 0.247. The summed E-state index contributed by atoms with van der Waals surface area (Å²) in [6.45, 7) is 0. The van der Waals surface area contributed by atoms with Crippen molar-refractivity contribution in [1.82, 2.24) is 0 Å². The van der Waals surface area contributed by atoms with Gasteiger partial charge in [0.1, 0.15) is 0 Å². The fourth-order valence-corrected chi connectivity index (χ4v) is 0. The smallest absolute Gasteiger partial charge is 0.545 e. The molecular weight excluding hydrogens is 768 g/mol. The Labute approximate surface area is 239 Å². The first-order valence-electron chi connectivity index (χ1n) is 4.90. The molecule has 8 nitrogen and oxygen atoms in total. The Kier molecular flexibility index (Phi) is 25.1. The van der Waals surface area contributed by atoms with Crippen molar-refractivity contribution in [1.29, 1.82) is 0 Å². The summed E-state index contributed by atoms with van der Waals surface area (Å²) in [6, 6.07) is 0. The van der Waals surface area contributed by atoms with Gasteiger partial charge in [0, 0.05) is 0 Å². The number of hydrogen-bond acceptors (Lipinski definition) is 8. The number of hydrogen-bond donors (Lipinski definition) is 0. The molecule has 0 amide bonds. The van der Waals surface area contributed by atoms with Crippen molar-refractivity contribution in [3.05, 3.63) is 0 Å². The molecule has 0 aromatic carbocycles. The largest absolute Gasteiger partial charge is 4.00 e. The van der Waals surface area contributed by atoms with Crippen molar-refractivity contribution in [3.8, 4) is 0 Å². The van der Waals surface area contributed by atoms with Gasteiger partial charge in [0.15, 0.2) is 0 Å². The molecule has 0 rings (SSSR count). The zero-order valence-electron chi connectivity index (χ0n) is 12.3. The van der Waals surface area contributed by atoms with E-state index in [1.807, 2.05) is 0 Å². The molecule has 21 heteroatoms. The molecular formula is C8Cl12O8Sn. The predicted octanol–water partition coefficient (Wildman–Crippen LogP) is 0.0452. The molecule has 0 atom stereocenters. The Bertz CT molecular complexity index is 436. The fraction of sp³-hybridized carbons (Fsp3) is 0.500. The molecule has 0 saturated heterocycles. The van der Waals surface area contributed by atoms with Crippen LogP contribution < -0.4 is 20.4 Å². The molecule has 0 bridgehead atoms. The summed E-state index contributed by atoms with van der Waals surface area (Å²) < 4.78 is -9.11. The van der Waals surface area contributed by atoms with E-state index >= 15 is 0 Å². The second kappa shape index (κ2) is 17.6. The van der Waals surface area contributed by atoms with Gasteiger partial charge in [-0.2, -0.15) is 0 Å². The molecule has 0 spiro atoms. The van der Waals surface area contributed by atoms with Crippen molar-refractivity contribution >= 4 is 187 Å². The Morgan fingerprint density at radius 3 is 0.414 bits per heavy atom. The first kappa shape index (κ1) is 41.4. The van der Waals surface area contributed by atoms with E-state index < -0.39 is 39.0 Å². The summed E-state index contributed by atoms with van der Waals surface area (Å²) in [5, 5.41) is 38.1. The Balaban J connectivity index is -0.0000000873. The number of rotatable bonds is 0. The van der Waals surface area contributed by atoms with E-state index in [2.05, 4.69) is 0 Å². The number of carbonyl (C=O) groups excluding carboxylic acids is 4. The topological polar surface area (TPSA) is 161 Å². The average Bonchev–Trinajstić information content (AvgIpc) is 2.35. The minimum Gasteiger partial charge on any atom is -0.545 e. The van der Waals surface area contributed by atoms with Crippen LogP contribution in [0.4, 0.5) is 0 Å². The van der Waals surface area contributed by atoms with Gasteiger partial charge in [-0.15, -0.1) is 0 Å². The first-order chi connectivity index (χ1) is 11.8. The van der Waals surface area contributed by atoms with Crippen molar-refractivity contribution < 1.29 is 39.6 Å². The van der Waals surface area contributed by atoms with Crippen molar-refractivity contribution in [2.24, 2.45) is 0 Å². The van der Waals surface area contributed by atoms with Crippen LogP contribution in [0.3, 0.4) is 0 Å². The van der Waals surface area contributed by atoms with E-state index in [1.165, 1.54) is 0 Å². The van der Waals surface area contributed by atoms with Crippen LogP contribution in [0, 0.1) is 0 Å². The number of carboxylic acids is 4. The Hall–Kier alpha value is 2.16. The molecule has 0 fully saturated rings. The second-order valence-corrected chi connectivity index (χ2v) is 12.3. The average molecular weight is 768 g/mol. The summed E-state index contributed by atoms with van der Waals surface area (Å²) >= 11 is 56.8. The predicted molar refractivity (Wildman–Crippen MR) is 107 cm³/mol. The van der Waals surface area contributed by atoms with Crippen LogP contribution in [-0.4, -0.2) is 63.0 Å². The van der Waals surface area contributed by atoms with Gasteiger partial charge in [0.2, 0.25) is 15.2 Å². The molecule has 0 aliphatic rings. The number of halogens is 12. The zero-order chi connectivity index (χ0) is 24.3. The van der Waals surface area contributed by atoms with Gasteiger partial charge in [-0.05, 0) is 0 Å². The standard InChI is InChI=1S/4C2HCl3O2.Sn/c4*3-2(4,5)1(6)7;/h4*(H,6,7);/q;;;;+4/p-4. The van der Waals surface area contributed by atoms with Gasteiger partial charge in [0.25, 0.3) is 0 Å². The van der Waals surface area contributed by atoms with Gasteiger partial charge < -0.3 is 39.6 Å². The van der Waals surface area contributed by atoms with E-state index in [-0.39, 0.29) is 23.9 Å². The molecule has 0 aromatic heterocycles. The molecule has 0 radical (unpaired) electrons. The van der Waals surface area contributed by atoms with Crippen LogP contribution in [0.2, 0.25) is 0 Å². The molecule has 0 N–H and O–H groups in total. The number of carbonyl (C=O) groups is 4. The van der Waals surface area contributed by atoms with Crippen LogP contribution >= 0.6 is 139 Å². The summed E-state index contributed by atoms with van der Waals surface area (Å²) in [5.74, 6) is -6.84. The maximum atomic E-state index is 9.51. The molecule has 0 heterocycles.